The van der Waals surface area contributed by atoms with Gasteiger partial charge in [-0.3, -0.25) is 4.79 Å². The summed E-state index contributed by atoms with van der Waals surface area (Å²) in [4.78, 5) is 11.7. The fraction of sp³-hybridized carbons (Fsp3) is 0.357. The first-order valence-corrected chi connectivity index (χ1v) is 5.80. The Balaban J connectivity index is 1.86. The number of hydrogen-bond acceptors (Lipinski definition) is 2. The number of benzene rings is 1. The maximum Gasteiger partial charge on any atom is 0.184 e. The van der Waals surface area contributed by atoms with E-state index in [4.69, 9.17) is 4.74 Å². The molecule has 4 atom stereocenters. The SMILES string of the molecule is O=C1C=C[C@@H]2O[C@H]1[C@@H]1Cc3ccccc3[C@@H]12. The van der Waals surface area contributed by atoms with Gasteiger partial charge in [-0.2, -0.15) is 0 Å². The zero-order valence-corrected chi connectivity index (χ0v) is 8.80. The molecule has 1 fully saturated rings. The quantitative estimate of drug-likeness (QED) is 0.656. The summed E-state index contributed by atoms with van der Waals surface area (Å²) in [6.45, 7) is 0. The largest absolute Gasteiger partial charge is 0.362 e. The molecule has 16 heavy (non-hydrogen) atoms. The summed E-state index contributed by atoms with van der Waals surface area (Å²) >= 11 is 0. The highest BCUT2D eigenvalue weighted by Crippen LogP contribution is 2.50. The van der Waals surface area contributed by atoms with Crippen LogP contribution >= 0.6 is 0 Å². The number of fused-ring (bicyclic) bond motifs is 7. The smallest absolute Gasteiger partial charge is 0.184 e. The Kier molecular flexibility index (Phi) is 1.54. The molecule has 4 rings (SSSR count). The van der Waals surface area contributed by atoms with E-state index >= 15 is 0 Å². The van der Waals surface area contributed by atoms with Gasteiger partial charge in [-0.15, -0.1) is 0 Å². The molecule has 0 aromatic heterocycles. The second-order valence-electron chi connectivity index (χ2n) is 4.88. The van der Waals surface area contributed by atoms with Gasteiger partial charge in [0.25, 0.3) is 0 Å². The summed E-state index contributed by atoms with van der Waals surface area (Å²) in [5.74, 6) is 0.922. The molecule has 2 bridgehead atoms. The van der Waals surface area contributed by atoms with Crippen molar-refractivity contribution in [1.29, 1.82) is 0 Å². The van der Waals surface area contributed by atoms with Crippen LogP contribution in [-0.4, -0.2) is 18.0 Å². The van der Waals surface area contributed by atoms with E-state index < -0.39 is 0 Å². The molecule has 3 aliphatic rings. The molecule has 0 N–H and O–H groups in total. The molecule has 0 unspecified atom stereocenters. The Morgan fingerprint density at radius 1 is 1.25 bits per heavy atom. The summed E-state index contributed by atoms with van der Waals surface area (Å²) in [6, 6.07) is 8.52. The summed E-state index contributed by atoms with van der Waals surface area (Å²) < 4.78 is 5.80. The average molecular weight is 212 g/mol. The van der Waals surface area contributed by atoms with Crippen LogP contribution in [0.4, 0.5) is 0 Å². The summed E-state index contributed by atoms with van der Waals surface area (Å²) in [6.07, 6.45) is 4.57. The minimum atomic E-state index is -0.188. The second kappa shape index (κ2) is 2.83. The maximum absolute atomic E-state index is 11.7. The lowest BCUT2D eigenvalue weighted by atomic mass is 9.88. The van der Waals surface area contributed by atoms with Crippen molar-refractivity contribution in [2.45, 2.75) is 24.5 Å². The van der Waals surface area contributed by atoms with Gasteiger partial charge in [-0.05, 0) is 23.6 Å². The molecule has 1 aromatic rings. The minimum Gasteiger partial charge on any atom is -0.362 e. The number of carbonyl (C=O) groups is 1. The van der Waals surface area contributed by atoms with Gasteiger partial charge in [-0.1, -0.05) is 30.3 Å². The Labute approximate surface area is 93.9 Å². The Bertz CT molecular complexity index is 503. The summed E-state index contributed by atoms with van der Waals surface area (Å²) in [5.41, 5.74) is 2.79. The first kappa shape index (κ1) is 8.71. The highest BCUT2D eigenvalue weighted by molar-refractivity contribution is 5.95. The molecule has 0 amide bonds. The van der Waals surface area contributed by atoms with Crippen molar-refractivity contribution >= 4 is 5.78 Å². The first-order valence-electron chi connectivity index (χ1n) is 5.80. The van der Waals surface area contributed by atoms with Crippen LogP contribution in [0.2, 0.25) is 0 Å². The number of hydrogen-bond donors (Lipinski definition) is 0. The monoisotopic (exact) mass is 212 g/mol. The van der Waals surface area contributed by atoms with Crippen LogP contribution in [0.1, 0.15) is 17.0 Å². The van der Waals surface area contributed by atoms with Crippen molar-refractivity contribution < 1.29 is 9.53 Å². The third-order valence-corrected chi connectivity index (χ3v) is 4.11. The van der Waals surface area contributed by atoms with E-state index in [1.165, 1.54) is 11.1 Å². The van der Waals surface area contributed by atoms with Crippen molar-refractivity contribution in [3.05, 3.63) is 47.5 Å². The van der Waals surface area contributed by atoms with Crippen molar-refractivity contribution in [3.63, 3.8) is 0 Å². The predicted molar refractivity (Wildman–Crippen MR) is 59.2 cm³/mol. The van der Waals surface area contributed by atoms with Gasteiger partial charge < -0.3 is 4.74 Å². The fourth-order valence-electron chi connectivity index (χ4n) is 3.46. The fourth-order valence-corrected chi connectivity index (χ4v) is 3.46. The van der Waals surface area contributed by atoms with Crippen LogP contribution in [0.25, 0.3) is 0 Å². The van der Waals surface area contributed by atoms with Gasteiger partial charge in [0.1, 0.15) is 6.10 Å². The molecule has 0 spiro atoms. The number of carbonyl (C=O) groups excluding carboxylic acids is 1. The van der Waals surface area contributed by atoms with E-state index in [2.05, 4.69) is 24.3 Å². The molecule has 2 nitrogen and oxygen atoms in total. The summed E-state index contributed by atoms with van der Waals surface area (Å²) in [5, 5.41) is 0. The van der Waals surface area contributed by atoms with E-state index in [0.717, 1.165) is 6.42 Å². The highest BCUT2D eigenvalue weighted by atomic mass is 16.5. The van der Waals surface area contributed by atoms with E-state index in [1.54, 1.807) is 6.08 Å². The van der Waals surface area contributed by atoms with E-state index in [9.17, 15) is 4.79 Å². The lowest BCUT2D eigenvalue weighted by Gasteiger charge is -2.17. The lowest BCUT2D eigenvalue weighted by Crippen LogP contribution is -2.28. The first-order chi connectivity index (χ1) is 7.84. The van der Waals surface area contributed by atoms with Crippen molar-refractivity contribution in [3.8, 4) is 0 Å². The third-order valence-electron chi connectivity index (χ3n) is 4.11. The standard InChI is InChI=1S/C14H12O2/c15-11-5-6-12-13-9-4-2-1-3-8(9)7-10(13)14(11)16-12/h1-6,10,12-14H,7H2/t10-,12+,13+,14+/m1/s1. The number of ether oxygens (including phenoxy) is 1. The highest BCUT2D eigenvalue weighted by Gasteiger charge is 2.52. The number of ketones is 1. The molecule has 2 heteroatoms. The van der Waals surface area contributed by atoms with Crippen LogP contribution in [0.5, 0.6) is 0 Å². The van der Waals surface area contributed by atoms with Gasteiger partial charge in [0.15, 0.2) is 5.78 Å². The molecule has 0 radical (unpaired) electrons. The molecule has 1 aliphatic carbocycles. The van der Waals surface area contributed by atoms with Gasteiger partial charge >= 0.3 is 0 Å². The number of rotatable bonds is 0. The van der Waals surface area contributed by atoms with Crippen molar-refractivity contribution in [2.75, 3.05) is 0 Å². The zero-order chi connectivity index (χ0) is 10.7. The van der Waals surface area contributed by atoms with Crippen LogP contribution in [0.3, 0.4) is 0 Å². The van der Waals surface area contributed by atoms with Crippen LogP contribution in [0.15, 0.2) is 36.4 Å². The van der Waals surface area contributed by atoms with Gasteiger partial charge in [0, 0.05) is 11.8 Å². The molecule has 2 aliphatic heterocycles. The molecular weight excluding hydrogens is 200 g/mol. The topological polar surface area (TPSA) is 26.3 Å². The van der Waals surface area contributed by atoms with E-state index in [-0.39, 0.29) is 18.0 Å². The molecular formula is C14H12O2. The van der Waals surface area contributed by atoms with Crippen LogP contribution in [-0.2, 0) is 16.0 Å². The average Bonchev–Trinajstić information content (AvgIpc) is 2.80. The van der Waals surface area contributed by atoms with Crippen LogP contribution in [0, 0.1) is 5.92 Å². The van der Waals surface area contributed by atoms with Gasteiger partial charge in [0.2, 0.25) is 0 Å². The third kappa shape index (κ3) is 0.932. The van der Waals surface area contributed by atoms with Gasteiger partial charge in [-0.25, -0.2) is 0 Å². The molecule has 2 heterocycles. The molecule has 0 saturated carbocycles. The van der Waals surface area contributed by atoms with E-state index in [0.29, 0.717) is 11.8 Å². The Morgan fingerprint density at radius 3 is 3.06 bits per heavy atom. The van der Waals surface area contributed by atoms with Crippen LogP contribution < -0.4 is 0 Å². The maximum atomic E-state index is 11.7. The Hall–Kier alpha value is -1.41. The van der Waals surface area contributed by atoms with Gasteiger partial charge in [0.05, 0.1) is 6.10 Å². The van der Waals surface area contributed by atoms with Crippen molar-refractivity contribution in [2.24, 2.45) is 5.92 Å². The minimum absolute atomic E-state index is 0.122. The Morgan fingerprint density at radius 2 is 2.12 bits per heavy atom. The molecule has 80 valence electrons. The second-order valence-corrected chi connectivity index (χ2v) is 4.88. The lowest BCUT2D eigenvalue weighted by molar-refractivity contribution is -0.127. The molecule has 1 aromatic carbocycles. The van der Waals surface area contributed by atoms with E-state index in [1.807, 2.05) is 6.08 Å². The summed E-state index contributed by atoms with van der Waals surface area (Å²) in [7, 11) is 0. The molecule has 1 saturated heterocycles. The van der Waals surface area contributed by atoms with Crippen molar-refractivity contribution in [1.82, 2.24) is 0 Å². The predicted octanol–water partition coefficient (Wildman–Crippen LogP) is 1.85. The normalized spacial score (nSPS) is 38.6. The zero-order valence-electron chi connectivity index (χ0n) is 8.80.